The van der Waals surface area contributed by atoms with Gasteiger partial charge in [-0.05, 0) is 24.6 Å². The molecule has 1 unspecified atom stereocenters. The average molecular weight is 419 g/mol. The Hall–Kier alpha value is -3.97. The maximum Gasteiger partial charge on any atom is 0.270 e. The van der Waals surface area contributed by atoms with Crippen molar-refractivity contribution in [1.82, 2.24) is 19.7 Å². The first-order valence-corrected chi connectivity index (χ1v) is 9.58. The number of anilines is 1. The van der Waals surface area contributed by atoms with E-state index in [1.807, 2.05) is 12.1 Å². The summed E-state index contributed by atoms with van der Waals surface area (Å²) in [4.78, 5) is 30.1. The zero-order chi connectivity index (χ0) is 22.5. The predicted octanol–water partition coefficient (Wildman–Crippen LogP) is 0.739. The third kappa shape index (κ3) is 3.06. The first kappa shape index (κ1) is 20.3. The van der Waals surface area contributed by atoms with Crippen LogP contribution in [0, 0.1) is 11.3 Å². The summed E-state index contributed by atoms with van der Waals surface area (Å²) in [6, 6.07) is 10.7. The van der Waals surface area contributed by atoms with Crippen LogP contribution in [0.1, 0.15) is 34.6 Å². The number of pyridine rings is 1. The third-order valence-electron chi connectivity index (χ3n) is 5.68. The van der Waals surface area contributed by atoms with Crippen LogP contribution < -0.4 is 11.1 Å². The molecule has 10 heteroatoms. The number of aromatic nitrogens is 3. The number of amides is 2. The van der Waals surface area contributed by atoms with E-state index < -0.39 is 17.4 Å². The Morgan fingerprint density at radius 2 is 2.16 bits per heavy atom. The lowest BCUT2D eigenvalue weighted by molar-refractivity contribution is -0.141. The van der Waals surface area contributed by atoms with Crippen molar-refractivity contribution in [2.75, 3.05) is 26.0 Å². The van der Waals surface area contributed by atoms with Gasteiger partial charge in [-0.25, -0.2) is 9.67 Å². The van der Waals surface area contributed by atoms with E-state index in [1.54, 1.807) is 32.3 Å². The summed E-state index contributed by atoms with van der Waals surface area (Å²) in [6.07, 6.45) is 0. The largest absolute Gasteiger partial charge is 0.380 e. The molecule has 3 aromatic rings. The number of carbonyl (C=O) groups is 2. The van der Waals surface area contributed by atoms with Gasteiger partial charge in [0.2, 0.25) is 0 Å². The normalized spacial score (nSPS) is 20.8. The molecule has 0 saturated carbocycles. The molecule has 0 bridgehead atoms. The summed E-state index contributed by atoms with van der Waals surface area (Å²) < 4.78 is 1.51. The number of likely N-dealkylation sites (tertiary alicyclic amines) is 1. The zero-order valence-corrected chi connectivity index (χ0v) is 17.2. The van der Waals surface area contributed by atoms with Gasteiger partial charge in [-0.15, -0.1) is 0 Å². The average Bonchev–Trinajstić information content (AvgIpc) is 3.24. The fraction of sp³-hybridized carbons (Fsp3) is 0.286. The molecule has 2 amide bonds. The van der Waals surface area contributed by atoms with Gasteiger partial charge in [0.25, 0.3) is 11.8 Å². The highest BCUT2D eigenvalue weighted by Gasteiger charge is 2.48. The molecule has 158 valence electrons. The van der Waals surface area contributed by atoms with Crippen molar-refractivity contribution in [3.8, 4) is 11.8 Å². The molecular formula is C21H21N7O3. The molecule has 1 aromatic carbocycles. The van der Waals surface area contributed by atoms with Crippen molar-refractivity contribution in [3.63, 3.8) is 0 Å². The number of nitrogens with one attached hydrogen (secondary N) is 1. The molecule has 0 radical (unpaired) electrons. The number of fused-ring (bicyclic) bond motifs is 1. The fourth-order valence-electron chi connectivity index (χ4n) is 4.12. The van der Waals surface area contributed by atoms with Gasteiger partial charge in [0.15, 0.2) is 5.69 Å². The lowest BCUT2D eigenvalue weighted by atomic mass is 9.86. The summed E-state index contributed by atoms with van der Waals surface area (Å²) in [6.45, 7) is 1.88. The molecule has 4 rings (SSSR count). The van der Waals surface area contributed by atoms with Crippen molar-refractivity contribution < 1.29 is 14.7 Å². The molecule has 4 N–H and O–H groups in total. The smallest absolute Gasteiger partial charge is 0.270 e. The van der Waals surface area contributed by atoms with Gasteiger partial charge < -0.3 is 21.1 Å². The van der Waals surface area contributed by atoms with Crippen molar-refractivity contribution in [3.05, 3.63) is 47.3 Å². The van der Waals surface area contributed by atoms with E-state index in [-0.39, 0.29) is 17.3 Å². The highest BCUT2D eigenvalue weighted by Crippen LogP contribution is 2.37. The fourth-order valence-corrected chi connectivity index (χ4v) is 4.12. The van der Waals surface area contributed by atoms with Crippen LogP contribution in [0.2, 0.25) is 0 Å². The van der Waals surface area contributed by atoms with Gasteiger partial charge in [-0.3, -0.25) is 9.59 Å². The molecule has 1 fully saturated rings. The zero-order valence-electron chi connectivity index (χ0n) is 17.2. The number of hydrogen-bond acceptors (Lipinski definition) is 7. The van der Waals surface area contributed by atoms with Crippen LogP contribution in [-0.2, 0) is 4.79 Å². The van der Waals surface area contributed by atoms with Gasteiger partial charge in [0.1, 0.15) is 23.2 Å². The van der Waals surface area contributed by atoms with E-state index in [9.17, 15) is 20.0 Å². The second-order valence-electron chi connectivity index (χ2n) is 7.72. The molecule has 1 saturated heterocycles. The lowest BCUT2D eigenvalue weighted by Crippen LogP contribution is -2.38. The quantitative estimate of drug-likeness (QED) is 0.564. The Morgan fingerprint density at radius 3 is 2.74 bits per heavy atom. The van der Waals surface area contributed by atoms with Crippen LogP contribution in [0.15, 0.2) is 30.3 Å². The summed E-state index contributed by atoms with van der Waals surface area (Å²) >= 11 is 0. The number of rotatable bonds is 4. The second-order valence-corrected chi connectivity index (χ2v) is 7.72. The van der Waals surface area contributed by atoms with Gasteiger partial charge >= 0.3 is 0 Å². The van der Waals surface area contributed by atoms with Crippen LogP contribution in [-0.4, -0.2) is 62.8 Å². The Morgan fingerprint density at radius 1 is 1.42 bits per heavy atom. The Balaban J connectivity index is 1.93. The molecule has 1 aliphatic rings. The molecule has 31 heavy (non-hydrogen) atoms. The number of primary amides is 1. The maximum atomic E-state index is 12.3. The van der Waals surface area contributed by atoms with E-state index in [2.05, 4.69) is 15.4 Å². The molecule has 2 atom stereocenters. The highest BCUT2D eigenvalue weighted by atomic mass is 16.3. The molecule has 1 aliphatic heterocycles. The van der Waals surface area contributed by atoms with E-state index in [1.165, 1.54) is 22.6 Å². The van der Waals surface area contributed by atoms with Gasteiger partial charge in [0, 0.05) is 32.6 Å². The highest BCUT2D eigenvalue weighted by molar-refractivity contribution is 6.08. The minimum atomic E-state index is -1.53. The number of likely N-dealkylation sites (N-methyl/N-ethyl adjacent to an activating group) is 1. The van der Waals surface area contributed by atoms with E-state index >= 15 is 0 Å². The number of nitrogens with zero attached hydrogens (tertiary/aromatic N) is 5. The number of nitrogens with two attached hydrogens (primary N) is 1. The van der Waals surface area contributed by atoms with Crippen molar-refractivity contribution in [1.29, 1.82) is 5.26 Å². The summed E-state index contributed by atoms with van der Waals surface area (Å²) in [7, 11) is 3.28. The summed E-state index contributed by atoms with van der Waals surface area (Å²) in [5.74, 6) is -1.19. The number of aliphatic hydroxyl groups is 1. The summed E-state index contributed by atoms with van der Waals surface area (Å²) in [5.41, 5.74) is 6.00. The van der Waals surface area contributed by atoms with Crippen molar-refractivity contribution in [2.24, 2.45) is 5.73 Å². The van der Waals surface area contributed by atoms with E-state index in [4.69, 9.17) is 5.73 Å². The maximum absolute atomic E-state index is 12.3. The van der Waals surface area contributed by atoms with E-state index in [0.717, 1.165) is 5.56 Å². The molecular weight excluding hydrogens is 398 g/mol. The number of hydrogen-bond donors (Lipinski definition) is 3. The minimum absolute atomic E-state index is 0.0181. The molecule has 0 aliphatic carbocycles. The van der Waals surface area contributed by atoms with Crippen molar-refractivity contribution >= 4 is 28.5 Å². The third-order valence-corrected chi connectivity index (χ3v) is 5.68. The Bertz CT molecular complexity index is 1270. The van der Waals surface area contributed by atoms with Gasteiger partial charge in [0.05, 0.1) is 16.6 Å². The Labute approximate surface area is 177 Å². The predicted molar refractivity (Wildman–Crippen MR) is 113 cm³/mol. The van der Waals surface area contributed by atoms with Crippen LogP contribution in [0.25, 0.3) is 16.6 Å². The van der Waals surface area contributed by atoms with Crippen LogP contribution in [0.4, 0.5) is 5.82 Å². The van der Waals surface area contributed by atoms with E-state index in [0.29, 0.717) is 29.0 Å². The SMILES string of the molecule is CNc1nc(C#N)cc2c1c(C(N)=O)nn2-c1cccc(C2CN(C)C(=O)[C@@]2(C)O)c1. The van der Waals surface area contributed by atoms with Crippen LogP contribution >= 0.6 is 0 Å². The topological polar surface area (TPSA) is 150 Å². The first-order chi connectivity index (χ1) is 14.7. The molecule has 3 heterocycles. The molecule has 2 aromatic heterocycles. The number of carbonyl (C=O) groups excluding carboxylic acids is 2. The standard InChI is InChI=1S/C21H21N7O3/c1-21(31)14(10-27(3)20(21)30)11-5-4-6-13(7-11)28-15-8-12(9-22)25-19(24-2)16(15)17(26-28)18(23)29/h4-8,14,31H,10H2,1-3H3,(H2,23,29)(H,24,25)/t14?,21-/m0/s1. The molecule has 0 spiro atoms. The number of nitriles is 1. The first-order valence-electron chi connectivity index (χ1n) is 9.58. The number of benzene rings is 1. The van der Waals surface area contributed by atoms with Crippen LogP contribution in [0.3, 0.4) is 0 Å². The molecule has 10 nitrogen and oxygen atoms in total. The van der Waals surface area contributed by atoms with Crippen LogP contribution in [0.5, 0.6) is 0 Å². The summed E-state index contributed by atoms with van der Waals surface area (Å²) in [5, 5.41) is 27.8. The second kappa shape index (κ2) is 7.07. The van der Waals surface area contributed by atoms with Gasteiger partial charge in [-0.2, -0.15) is 10.4 Å². The monoisotopic (exact) mass is 419 g/mol. The van der Waals surface area contributed by atoms with Gasteiger partial charge in [-0.1, -0.05) is 12.1 Å². The lowest BCUT2D eigenvalue weighted by Gasteiger charge is -2.22. The minimum Gasteiger partial charge on any atom is -0.380 e. The Kier molecular flexibility index (Phi) is 4.63. The van der Waals surface area contributed by atoms with Crippen molar-refractivity contribution in [2.45, 2.75) is 18.4 Å².